The summed E-state index contributed by atoms with van der Waals surface area (Å²) in [5.74, 6) is -0.0960. The molecule has 4 rings (SSSR count). The number of hydrogen-bond donors (Lipinski definition) is 0. The van der Waals surface area contributed by atoms with E-state index in [2.05, 4.69) is 4.99 Å². The quantitative estimate of drug-likeness (QED) is 0.737. The maximum atomic E-state index is 13.1. The number of nitrogens with zero attached hydrogens (tertiary/aromatic N) is 2. The maximum absolute atomic E-state index is 13.1. The number of para-hydroxylation sites is 2. The number of ether oxygens (including phenoxy) is 1. The third-order valence-corrected chi connectivity index (χ3v) is 8.11. The van der Waals surface area contributed by atoms with Gasteiger partial charge in [0.25, 0.3) is 5.91 Å². The zero-order valence-corrected chi connectivity index (χ0v) is 17.2. The molecule has 9 heteroatoms. The number of hydrogen-bond acceptors (Lipinski definition) is 5. The molecule has 2 fully saturated rings. The fourth-order valence-electron chi connectivity index (χ4n) is 3.60. The number of amidine groups is 1. The first-order chi connectivity index (χ1) is 13.9. The van der Waals surface area contributed by atoms with Crippen molar-refractivity contribution in [3.8, 4) is 5.75 Å². The zero-order valence-electron chi connectivity index (χ0n) is 15.6. The average Bonchev–Trinajstić information content (AvgIpc) is 3.14. The van der Waals surface area contributed by atoms with E-state index in [4.69, 9.17) is 4.74 Å². The van der Waals surface area contributed by atoms with Crippen molar-refractivity contribution in [3.63, 3.8) is 0 Å². The molecule has 0 aromatic heterocycles. The van der Waals surface area contributed by atoms with Crippen LogP contribution in [0.4, 0.5) is 10.1 Å². The van der Waals surface area contributed by atoms with Crippen LogP contribution in [0.1, 0.15) is 5.56 Å². The molecule has 2 aliphatic rings. The largest absolute Gasteiger partial charge is 0.495 e. The summed E-state index contributed by atoms with van der Waals surface area (Å²) >= 11 is 1.31. The van der Waals surface area contributed by atoms with E-state index in [0.717, 1.165) is 0 Å². The van der Waals surface area contributed by atoms with Crippen LogP contribution in [0, 0.1) is 5.82 Å². The number of aliphatic imine (C=N–C) groups is 1. The number of carbonyl (C=O) groups excluding carboxylic acids is 1. The highest BCUT2D eigenvalue weighted by molar-refractivity contribution is 8.16. The number of halogens is 1. The van der Waals surface area contributed by atoms with Gasteiger partial charge in [0.05, 0.1) is 36.8 Å². The molecule has 0 radical (unpaired) electrons. The second-order valence-corrected chi connectivity index (χ2v) is 10.3. The van der Waals surface area contributed by atoms with E-state index in [1.807, 2.05) is 18.2 Å². The van der Waals surface area contributed by atoms with Gasteiger partial charge in [0.2, 0.25) is 0 Å². The minimum atomic E-state index is -3.15. The Labute approximate surface area is 172 Å². The van der Waals surface area contributed by atoms with Crippen LogP contribution in [0.3, 0.4) is 0 Å². The van der Waals surface area contributed by atoms with Crippen LogP contribution in [0.15, 0.2) is 53.5 Å². The molecule has 6 nitrogen and oxygen atoms in total. The Morgan fingerprint density at radius 1 is 1.21 bits per heavy atom. The molecule has 0 N–H and O–H groups in total. The third-order valence-electron chi connectivity index (χ3n) is 4.90. The van der Waals surface area contributed by atoms with Gasteiger partial charge in [0.15, 0.2) is 15.0 Å². The van der Waals surface area contributed by atoms with E-state index < -0.39 is 9.84 Å². The minimum absolute atomic E-state index is 0.00783. The van der Waals surface area contributed by atoms with E-state index in [0.29, 0.717) is 22.2 Å². The third kappa shape index (κ3) is 4.16. The molecular weight excluding hydrogens is 415 g/mol. The van der Waals surface area contributed by atoms with Gasteiger partial charge in [-0.15, -0.1) is 0 Å². The molecule has 152 valence electrons. The number of thioether (sulfide) groups is 1. The molecule has 2 aromatic carbocycles. The van der Waals surface area contributed by atoms with Crippen LogP contribution in [-0.2, 0) is 21.1 Å². The predicted octanol–water partition coefficient (Wildman–Crippen LogP) is 2.68. The van der Waals surface area contributed by atoms with Crippen molar-refractivity contribution in [2.24, 2.45) is 4.99 Å². The van der Waals surface area contributed by atoms with Crippen molar-refractivity contribution >= 4 is 38.4 Å². The molecule has 0 saturated carbocycles. The molecule has 2 aliphatic heterocycles. The molecule has 0 spiro atoms. The lowest BCUT2D eigenvalue weighted by Crippen LogP contribution is -2.38. The van der Waals surface area contributed by atoms with Crippen LogP contribution in [0.25, 0.3) is 0 Å². The van der Waals surface area contributed by atoms with E-state index in [1.54, 1.807) is 30.2 Å². The SMILES string of the molecule is COc1ccccc1N1C(=NC(=O)Cc2ccc(F)cc2)S[C@H]2CS(=O)(=O)C[C@H]21. The van der Waals surface area contributed by atoms with Gasteiger partial charge >= 0.3 is 0 Å². The predicted molar refractivity (Wildman–Crippen MR) is 112 cm³/mol. The Bertz CT molecular complexity index is 1070. The summed E-state index contributed by atoms with van der Waals surface area (Å²) in [4.78, 5) is 18.6. The van der Waals surface area contributed by atoms with Gasteiger partial charge in [-0.25, -0.2) is 12.8 Å². The summed E-state index contributed by atoms with van der Waals surface area (Å²) in [6.07, 6.45) is 0.0394. The average molecular weight is 435 g/mol. The highest BCUT2D eigenvalue weighted by atomic mass is 32.2. The number of fused-ring (bicyclic) bond motifs is 1. The molecule has 0 bridgehead atoms. The summed E-state index contributed by atoms with van der Waals surface area (Å²) in [6.45, 7) is 0. The molecule has 2 atom stereocenters. The smallest absolute Gasteiger partial charge is 0.252 e. The second kappa shape index (κ2) is 7.79. The van der Waals surface area contributed by atoms with E-state index in [1.165, 1.54) is 23.9 Å². The molecule has 1 amide bonds. The Morgan fingerprint density at radius 3 is 2.66 bits per heavy atom. The molecule has 0 unspecified atom stereocenters. The summed E-state index contributed by atoms with van der Waals surface area (Å²) in [6, 6.07) is 12.7. The zero-order chi connectivity index (χ0) is 20.6. The Morgan fingerprint density at radius 2 is 1.93 bits per heavy atom. The monoisotopic (exact) mass is 434 g/mol. The molecular formula is C20H19FN2O4S2. The number of amides is 1. The minimum Gasteiger partial charge on any atom is -0.495 e. The first-order valence-electron chi connectivity index (χ1n) is 9.01. The summed E-state index contributed by atoms with van der Waals surface area (Å²) < 4.78 is 42.8. The summed E-state index contributed by atoms with van der Waals surface area (Å²) in [7, 11) is -1.61. The Kier molecular flexibility index (Phi) is 5.35. The lowest BCUT2D eigenvalue weighted by atomic mass is 10.1. The van der Waals surface area contributed by atoms with Gasteiger partial charge in [0.1, 0.15) is 11.6 Å². The Hall–Kier alpha value is -2.39. The fourth-order valence-corrected chi connectivity index (χ4v) is 7.52. The summed E-state index contributed by atoms with van der Waals surface area (Å²) in [5, 5.41) is 0.272. The Balaban J connectivity index is 1.66. The normalized spacial score (nSPS) is 23.9. The van der Waals surface area contributed by atoms with Gasteiger partial charge in [0, 0.05) is 5.25 Å². The first-order valence-corrected chi connectivity index (χ1v) is 11.7. The number of anilines is 1. The molecule has 0 aliphatic carbocycles. The van der Waals surface area contributed by atoms with Crippen molar-refractivity contribution in [2.45, 2.75) is 17.7 Å². The molecule has 2 heterocycles. The van der Waals surface area contributed by atoms with Gasteiger partial charge < -0.3 is 9.64 Å². The number of benzene rings is 2. The van der Waals surface area contributed by atoms with Crippen molar-refractivity contribution in [3.05, 3.63) is 59.9 Å². The van der Waals surface area contributed by atoms with Gasteiger partial charge in [-0.2, -0.15) is 4.99 Å². The topological polar surface area (TPSA) is 76.0 Å². The van der Waals surface area contributed by atoms with E-state index >= 15 is 0 Å². The van der Waals surface area contributed by atoms with Gasteiger partial charge in [-0.05, 0) is 29.8 Å². The maximum Gasteiger partial charge on any atom is 0.252 e. The van der Waals surface area contributed by atoms with Crippen molar-refractivity contribution in [1.82, 2.24) is 0 Å². The fraction of sp³-hybridized carbons (Fsp3) is 0.300. The first kappa shape index (κ1) is 19.9. The molecule has 2 saturated heterocycles. The number of methoxy groups -OCH3 is 1. The highest BCUT2D eigenvalue weighted by Crippen LogP contribution is 2.43. The highest BCUT2D eigenvalue weighted by Gasteiger charge is 2.50. The summed E-state index contributed by atoms with van der Waals surface area (Å²) in [5.41, 5.74) is 1.34. The second-order valence-electron chi connectivity index (χ2n) is 6.93. The standard InChI is InChI=1S/C20H19FN2O4S2/c1-27-17-5-3-2-4-15(17)23-16-11-29(25,26)12-18(16)28-20(23)22-19(24)10-13-6-8-14(21)9-7-13/h2-9,16,18H,10-12H2,1H3/t16-,18+/m1/s1. The van der Waals surface area contributed by atoms with Crippen LogP contribution in [0.2, 0.25) is 0 Å². The van der Waals surface area contributed by atoms with Crippen LogP contribution in [-0.4, -0.2) is 49.4 Å². The lowest BCUT2D eigenvalue weighted by molar-refractivity contribution is -0.117. The van der Waals surface area contributed by atoms with E-state index in [-0.39, 0.29) is 40.9 Å². The lowest BCUT2D eigenvalue weighted by Gasteiger charge is -2.26. The van der Waals surface area contributed by atoms with Crippen molar-refractivity contribution in [1.29, 1.82) is 0 Å². The van der Waals surface area contributed by atoms with Crippen LogP contribution in [0.5, 0.6) is 5.75 Å². The van der Waals surface area contributed by atoms with Crippen molar-refractivity contribution < 1.29 is 22.3 Å². The molecule has 2 aromatic rings. The van der Waals surface area contributed by atoms with Crippen LogP contribution >= 0.6 is 11.8 Å². The number of rotatable bonds is 4. The van der Waals surface area contributed by atoms with Crippen LogP contribution < -0.4 is 9.64 Å². The number of carbonyl (C=O) groups is 1. The van der Waals surface area contributed by atoms with Gasteiger partial charge in [-0.3, -0.25) is 4.79 Å². The molecule has 29 heavy (non-hydrogen) atoms. The number of sulfone groups is 1. The van der Waals surface area contributed by atoms with Crippen molar-refractivity contribution in [2.75, 3.05) is 23.5 Å². The van der Waals surface area contributed by atoms with Gasteiger partial charge in [-0.1, -0.05) is 36.0 Å². The van der Waals surface area contributed by atoms with E-state index in [9.17, 15) is 17.6 Å².